The molecule has 1 fully saturated rings. The molecule has 2 rings (SSSR count). The minimum absolute atomic E-state index is 0.148. The van der Waals surface area contributed by atoms with Gasteiger partial charge in [-0.25, -0.2) is 0 Å². The summed E-state index contributed by atoms with van der Waals surface area (Å²) >= 11 is 0. The van der Waals surface area contributed by atoms with Crippen molar-refractivity contribution in [2.24, 2.45) is 0 Å². The smallest absolute Gasteiger partial charge is 0.0994 e. The van der Waals surface area contributed by atoms with E-state index in [1.54, 1.807) is 0 Å². The molecule has 3 heteroatoms. The molecule has 1 aliphatic rings. The Labute approximate surface area is 116 Å². The van der Waals surface area contributed by atoms with E-state index in [9.17, 15) is 5.11 Å². The molecule has 0 bridgehead atoms. The van der Waals surface area contributed by atoms with Gasteiger partial charge < -0.3 is 9.84 Å². The Balaban J connectivity index is 2.08. The first kappa shape index (κ1) is 14.5. The lowest BCUT2D eigenvalue weighted by atomic mass is 9.94. The third kappa shape index (κ3) is 3.78. The van der Waals surface area contributed by atoms with Crippen molar-refractivity contribution in [3.63, 3.8) is 0 Å². The van der Waals surface area contributed by atoms with E-state index in [2.05, 4.69) is 25.7 Å². The van der Waals surface area contributed by atoms with Gasteiger partial charge in [-0.15, -0.1) is 0 Å². The molecule has 1 N–H and O–H groups in total. The first-order chi connectivity index (χ1) is 8.78. The van der Waals surface area contributed by atoms with Gasteiger partial charge in [0.25, 0.3) is 0 Å². The molecule has 1 saturated heterocycles. The van der Waals surface area contributed by atoms with Crippen LogP contribution in [0.2, 0.25) is 0 Å². The molecule has 1 aromatic rings. The molecule has 1 heterocycles. The predicted octanol–water partition coefficient (Wildman–Crippen LogP) is 2.39. The zero-order valence-corrected chi connectivity index (χ0v) is 12.4. The highest BCUT2D eigenvalue weighted by molar-refractivity contribution is 5.21. The number of morpholine rings is 1. The number of rotatable bonds is 3. The van der Waals surface area contributed by atoms with Crippen molar-refractivity contribution >= 4 is 0 Å². The van der Waals surface area contributed by atoms with Gasteiger partial charge in [0.1, 0.15) is 0 Å². The largest absolute Gasteiger partial charge is 0.384 e. The minimum Gasteiger partial charge on any atom is -0.384 e. The van der Waals surface area contributed by atoms with Crippen molar-refractivity contribution in [2.75, 3.05) is 19.6 Å². The molecule has 0 amide bonds. The highest BCUT2D eigenvalue weighted by atomic mass is 16.5. The van der Waals surface area contributed by atoms with Crippen LogP contribution in [0.4, 0.5) is 0 Å². The van der Waals surface area contributed by atoms with Gasteiger partial charge in [0, 0.05) is 19.6 Å². The summed E-state index contributed by atoms with van der Waals surface area (Å²) in [6.45, 7) is 10.5. The second-order valence-corrected chi connectivity index (χ2v) is 6.50. The van der Waals surface area contributed by atoms with Crippen LogP contribution in [0, 0.1) is 0 Å². The molecule has 3 nitrogen and oxygen atoms in total. The summed E-state index contributed by atoms with van der Waals surface area (Å²) in [6.07, 6.45) is 0.204. The maximum Gasteiger partial charge on any atom is 0.0994 e. The van der Waals surface area contributed by atoms with Crippen molar-refractivity contribution in [1.29, 1.82) is 0 Å². The van der Waals surface area contributed by atoms with Crippen LogP contribution >= 0.6 is 0 Å². The maximum atomic E-state index is 10.7. The van der Waals surface area contributed by atoms with Crippen LogP contribution in [-0.2, 0) is 10.3 Å². The molecule has 2 unspecified atom stereocenters. The van der Waals surface area contributed by atoms with Gasteiger partial charge >= 0.3 is 0 Å². The highest BCUT2D eigenvalue weighted by Crippen LogP contribution is 2.26. The Bertz CT molecular complexity index is 414. The second kappa shape index (κ2) is 5.23. The summed E-state index contributed by atoms with van der Waals surface area (Å²) in [5.74, 6) is 0. The van der Waals surface area contributed by atoms with Crippen LogP contribution in [0.15, 0.2) is 30.3 Å². The molecule has 0 aliphatic carbocycles. The number of β-amino-alcohol motifs (C(OH)–C–C–N with tert-alkyl or cyclic N) is 1. The van der Waals surface area contributed by atoms with Gasteiger partial charge in [0.05, 0.1) is 17.3 Å². The first-order valence-electron chi connectivity index (χ1n) is 6.97. The standard InChI is InChI=1S/C16H25NO2/c1-13-10-17(11-15(2,3)19-13)12-16(4,18)14-8-6-5-7-9-14/h5-9,13,18H,10-12H2,1-4H3. The van der Waals surface area contributed by atoms with Gasteiger partial charge in [-0.3, -0.25) is 4.90 Å². The summed E-state index contributed by atoms with van der Waals surface area (Å²) in [7, 11) is 0. The van der Waals surface area contributed by atoms with Gasteiger partial charge in [-0.2, -0.15) is 0 Å². The van der Waals surface area contributed by atoms with Crippen molar-refractivity contribution in [1.82, 2.24) is 4.90 Å². The SMILES string of the molecule is CC1CN(CC(C)(O)c2ccccc2)CC(C)(C)O1. The third-order valence-corrected chi connectivity index (χ3v) is 3.57. The van der Waals surface area contributed by atoms with E-state index < -0.39 is 5.60 Å². The van der Waals surface area contributed by atoms with Gasteiger partial charge in [-0.05, 0) is 33.3 Å². The minimum atomic E-state index is -0.825. The van der Waals surface area contributed by atoms with Crippen LogP contribution in [0.1, 0.15) is 33.3 Å². The van der Waals surface area contributed by atoms with Crippen LogP contribution in [0.25, 0.3) is 0 Å². The maximum absolute atomic E-state index is 10.7. The van der Waals surface area contributed by atoms with E-state index in [0.717, 1.165) is 18.7 Å². The lowest BCUT2D eigenvalue weighted by molar-refractivity contribution is -0.141. The lowest BCUT2D eigenvalue weighted by Gasteiger charge is -2.44. The topological polar surface area (TPSA) is 32.7 Å². The summed E-state index contributed by atoms with van der Waals surface area (Å²) in [5, 5.41) is 10.7. The van der Waals surface area contributed by atoms with E-state index in [1.807, 2.05) is 37.3 Å². The fourth-order valence-electron chi connectivity index (χ4n) is 3.03. The summed E-state index contributed by atoms with van der Waals surface area (Å²) in [6, 6.07) is 9.87. The van der Waals surface area contributed by atoms with Crippen molar-refractivity contribution in [3.8, 4) is 0 Å². The van der Waals surface area contributed by atoms with Crippen LogP contribution < -0.4 is 0 Å². The first-order valence-corrected chi connectivity index (χ1v) is 6.97. The number of benzene rings is 1. The molecule has 19 heavy (non-hydrogen) atoms. The number of ether oxygens (including phenoxy) is 1. The van der Waals surface area contributed by atoms with Crippen molar-refractivity contribution in [3.05, 3.63) is 35.9 Å². The van der Waals surface area contributed by atoms with Gasteiger partial charge in [0.15, 0.2) is 0 Å². The number of hydrogen-bond acceptors (Lipinski definition) is 3. The molecule has 2 atom stereocenters. The van der Waals surface area contributed by atoms with Gasteiger partial charge in [0.2, 0.25) is 0 Å². The molecule has 1 aliphatic heterocycles. The summed E-state index contributed by atoms with van der Waals surface area (Å²) < 4.78 is 5.90. The average molecular weight is 263 g/mol. The molecule has 0 aromatic heterocycles. The number of aliphatic hydroxyl groups is 1. The second-order valence-electron chi connectivity index (χ2n) is 6.50. The molecule has 0 saturated carbocycles. The molecule has 0 radical (unpaired) electrons. The number of nitrogens with zero attached hydrogens (tertiary/aromatic N) is 1. The number of hydrogen-bond donors (Lipinski definition) is 1. The van der Waals surface area contributed by atoms with E-state index in [-0.39, 0.29) is 11.7 Å². The summed E-state index contributed by atoms with van der Waals surface area (Å²) in [5.41, 5.74) is -0.00861. The molecular formula is C16H25NO2. The van der Waals surface area contributed by atoms with Crippen molar-refractivity contribution < 1.29 is 9.84 Å². The van der Waals surface area contributed by atoms with E-state index in [1.165, 1.54) is 0 Å². The Morgan fingerprint density at radius 2 is 2.00 bits per heavy atom. The van der Waals surface area contributed by atoms with Crippen LogP contribution in [-0.4, -0.2) is 41.3 Å². The van der Waals surface area contributed by atoms with E-state index >= 15 is 0 Å². The normalized spacial score (nSPS) is 26.9. The van der Waals surface area contributed by atoms with Crippen LogP contribution in [0.5, 0.6) is 0 Å². The summed E-state index contributed by atoms with van der Waals surface area (Å²) in [4.78, 5) is 2.29. The highest BCUT2D eigenvalue weighted by Gasteiger charge is 2.35. The zero-order chi connectivity index (χ0) is 14.1. The van der Waals surface area contributed by atoms with Crippen molar-refractivity contribution in [2.45, 2.75) is 45.0 Å². The van der Waals surface area contributed by atoms with E-state index in [4.69, 9.17) is 4.74 Å². The predicted molar refractivity (Wildman–Crippen MR) is 77.1 cm³/mol. The lowest BCUT2D eigenvalue weighted by Crippen LogP contribution is -2.54. The molecular weight excluding hydrogens is 238 g/mol. The molecule has 106 valence electrons. The molecule has 1 aromatic carbocycles. The quantitative estimate of drug-likeness (QED) is 0.909. The Morgan fingerprint density at radius 1 is 1.37 bits per heavy atom. The van der Waals surface area contributed by atoms with E-state index in [0.29, 0.717) is 6.54 Å². The fraction of sp³-hybridized carbons (Fsp3) is 0.625. The molecule has 0 spiro atoms. The average Bonchev–Trinajstić information content (AvgIpc) is 2.26. The zero-order valence-electron chi connectivity index (χ0n) is 12.4. The van der Waals surface area contributed by atoms with Gasteiger partial charge in [-0.1, -0.05) is 30.3 Å². The Hall–Kier alpha value is -0.900. The fourth-order valence-corrected chi connectivity index (χ4v) is 3.03. The third-order valence-electron chi connectivity index (χ3n) is 3.57. The monoisotopic (exact) mass is 263 g/mol. The Kier molecular flexibility index (Phi) is 4.00. The Morgan fingerprint density at radius 3 is 2.58 bits per heavy atom. The van der Waals surface area contributed by atoms with Crippen LogP contribution in [0.3, 0.4) is 0 Å².